The maximum Gasteiger partial charge on any atom is 0.241 e. The van der Waals surface area contributed by atoms with Crippen LogP contribution in [0, 0.1) is 0 Å². The number of benzene rings is 2. The Kier molecular flexibility index (Phi) is 6.11. The molecule has 6 nitrogen and oxygen atoms in total. The summed E-state index contributed by atoms with van der Waals surface area (Å²) in [5.41, 5.74) is 7.91. The average Bonchev–Trinajstić information content (AvgIpc) is 3.17. The summed E-state index contributed by atoms with van der Waals surface area (Å²) < 4.78 is 5.40. The Morgan fingerprint density at radius 1 is 1.26 bits per heavy atom. The molecule has 1 aliphatic rings. The summed E-state index contributed by atoms with van der Waals surface area (Å²) >= 11 is 0. The number of methoxy groups -OCH3 is 1. The predicted molar refractivity (Wildman–Crippen MR) is 104 cm³/mol. The summed E-state index contributed by atoms with van der Waals surface area (Å²) in [5, 5.41) is 10.1. The summed E-state index contributed by atoms with van der Waals surface area (Å²) in [6.45, 7) is 4.65. The van der Waals surface area contributed by atoms with Gasteiger partial charge in [0.05, 0.1) is 13.2 Å². The molecule has 1 fully saturated rings. The Balaban J connectivity index is 1.72. The molecular formula is C21H25N3O3. The number of amides is 1. The van der Waals surface area contributed by atoms with Crippen molar-refractivity contribution in [3.8, 4) is 11.5 Å². The van der Waals surface area contributed by atoms with E-state index in [2.05, 4.69) is 17.4 Å². The minimum Gasteiger partial charge on any atom is -0.508 e. The number of phenols is 1. The van der Waals surface area contributed by atoms with Crippen LogP contribution in [-0.4, -0.2) is 35.6 Å². The van der Waals surface area contributed by atoms with Gasteiger partial charge in [-0.3, -0.25) is 4.79 Å². The van der Waals surface area contributed by atoms with Gasteiger partial charge in [0, 0.05) is 24.2 Å². The number of para-hydroxylation sites is 2. The molecule has 0 saturated carbocycles. The average molecular weight is 367 g/mol. The first-order valence-corrected chi connectivity index (χ1v) is 8.94. The molecular weight excluding hydrogens is 342 g/mol. The minimum absolute atomic E-state index is 0.0220. The Labute approximate surface area is 159 Å². The smallest absolute Gasteiger partial charge is 0.241 e. The zero-order valence-electron chi connectivity index (χ0n) is 15.4. The van der Waals surface area contributed by atoms with Gasteiger partial charge < -0.3 is 14.7 Å². The van der Waals surface area contributed by atoms with Crippen LogP contribution in [0.4, 0.5) is 0 Å². The molecule has 2 aromatic carbocycles. The van der Waals surface area contributed by atoms with Crippen LogP contribution < -0.4 is 15.6 Å². The second-order valence-corrected chi connectivity index (χ2v) is 6.51. The molecule has 2 aromatic rings. The van der Waals surface area contributed by atoms with Crippen molar-refractivity contribution in [3.63, 3.8) is 0 Å². The van der Waals surface area contributed by atoms with E-state index in [9.17, 15) is 9.90 Å². The first kappa shape index (κ1) is 18.9. The number of ether oxygens (including phenoxy) is 1. The second kappa shape index (κ2) is 8.70. The van der Waals surface area contributed by atoms with Crippen LogP contribution in [0.25, 0.3) is 0 Å². The van der Waals surface area contributed by atoms with Gasteiger partial charge in [-0.15, -0.1) is 6.58 Å². The standard InChI is InChI=1S/C21H25N3O3/c1-3-12-24(14-15-8-4-7-11-20(15)27-2)21(26)18-13-17(22-23-18)16-9-5-6-10-19(16)25/h3-11,17-18,22-23,25H,1,12-14H2,2H3. The third-order valence-corrected chi connectivity index (χ3v) is 4.73. The number of hydrazine groups is 1. The van der Waals surface area contributed by atoms with E-state index in [1.807, 2.05) is 36.4 Å². The highest BCUT2D eigenvalue weighted by molar-refractivity contribution is 5.82. The lowest BCUT2D eigenvalue weighted by Crippen LogP contribution is -2.45. The molecule has 27 heavy (non-hydrogen) atoms. The first-order valence-electron chi connectivity index (χ1n) is 8.94. The van der Waals surface area contributed by atoms with Crippen LogP contribution in [0.15, 0.2) is 61.2 Å². The molecule has 0 spiro atoms. The molecule has 142 valence electrons. The fraction of sp³-hybridized carbons (Fsp3) is 0.286. The molecule has 0 aliphatic carbocycles. The molecule has 1 amide bonds. The monoisotopic (exact) mass is 367 g/mol. The largest absolute Gasteiger partial charge is 0.508 e. The van der Waals surface area contributed by atoms with E-state index in [1.54, 1.807) is 30.2 Å². The van der Waals surface area contributed by atoms with Crippen LogP contribution in [-0.2, 0) is 11.3 Å². The number of carbonyl (C=O) groups is 1. The zero-order valence-corrected chi connectivity index (χ0v) is 15.4. The molecule has 2 unspecified atom stereocenters. The molecule has 0 aromatic heterocycles. The van der Waals surface area contributed by atoms with E-state index in [-0.39, 0.29) is 23.7 Å². The third kappa shape index (κ3) is 4.30. The topological polar surface area (TPSA) is 73.8 Å². The maximum absolute atomic E-state index is 13.1. The van der Waals surface area contributed by atoms with Crippen molar-refractivity contribution in [2.45, 2.75) is 25.0 Å². The quantitative estimate of drug-likeness (QED) is 0.656. The Bertz CT molecular complexity index is 809. The van der Waals surface area contributed by atoms with Gasteiger partial charge in [0.2, 0.25) is 5.91 Å². The molecule has 6 heteroatoms. The molecule has 3 N–H and O–H groups in total. The SMILES string of the molecule is C=CCN(Cc1ccccc1OC)C(=O)C1CC(c2ccccc2O)NN1. The summed E-state index contributed by atoms with van der Waals surface area (Å²) in [5.74, 6) is 0.956. The summed E-state index contributed by atoms with van der Waals surface area (Å²) in [7, 11) is 1.62. The van der Waals surface area contributed by atoms with E-state index in [0.717, 1.165) is 16.9 Å². The number of nitrogens with zero attached hydrogens (tertiary/aromatic N) is 1. The summed E-state index contributed by atoms with van der Waals surface area (Å²) in [4.78, 5) is 14.8. The van der Waals surface area contributed by atoms with Gasteiger partial charge in [0.15, 0.2) is 0 Å². The fourth-order valence-corrected chi connectivity index (χ4v) is 3.35. The highest BCUT2D eigenvalue weighted by Gasteiger charge is 2.33. The molecule has 2 atom stereocenters. The lowest BCUT2D eigenvalue weighted by atomic mass is 10.0. The van der Waals surface area contributed by atoms with Crippen LogP contribution in [0.2, 0.25) is 0 Å². The van der Waals surface area contributed by atoms with E-state index in [4.69, 9.17) is 4.74 Å². The van der Waals surface area contributed by atoms with Gasteiger partial charge >= 0.3 is 0 Å². The molecule has 0 radical (unpaired) electrons. The van der Waals surface area contributed by atoms with Gasteiger partial charge in [0.25, 0.3) is 0 Å². The molecule has 1 heterocycles. The lowest BCUT2D eigenvalue weighted by Gasteiger charge is -2.25. The highest BCUT2D eigenvalue weighted by atomic mass is 16.5. The Morgan fingerprint density at radius 2 is 2.00 bits per heavy atom. The molecule has 0 bridgehead atoms. The molecule has 3 rings (SSSR count). The van der Waals surface area contributed by atoms with Crippen molar-refractivity contribution in [3.05, 3.63) is 72.3 Å². The second-order valence-electron chi connectivity index (χ2n) is 6.51. The van der Waals surface area contributed by atoms with Crippen LogP contribution >= 0.6 is 0 Å². The van der Waals surface area contributed by atoms with Crippen molar-refractivity contribution < 1.29 is 14.6 Å². The van der Waals surface area contributed by atoms with Gasteiger partial charge in [-0.05, 0) is 18.6 Å². The zero-order chi connectivity index (χ0) is 19.2. The van der Waals surface area contributed by atoms with Crippen molar-refractivity contribution in [2.75, 3.05) is 13.7 Å². The Hall–Kier alpha value is -2.83. The van der Waals surface area contributed by atoms with Crippen LogP contribution in [0.3, 0.4) is 0 Å². The van der Waals surface area contributed by atoms with Crippen molar-refractivity contribution in [2.24, 2.45) is 0 Å². The minimum atomic E-state index is -0.385. The maximum atomic E-state index is 13.1. The van der Waals surface area contributed by atoms with Crippen LogP contribution in [0.1, 0.15) is 23.6 Å². The van der Waals surface area contributed by atoms with E-state index in [0.29, 0.717) is 19.5 Å². The highest BCUT2D eigenvalue weighted by Crippen LogP contribution is 2.30. The molecule has 1 aliphatic heterocycles. The summed E-state index contributed by atoms with van der Waals surface area (Å²) in [6.07, 6.45) is 2.27. The van der Waals surface area contributed by atoms with Gasteiger partial charge in [-0.25, -0.2) is 10.9 Å². The van der Waals surface area contributed by atoms with Crippen molar-refractivity contribution in [1.82, 2.24) is 15.8 Å². The molecule has 1 saturated heterocycles. The van der Waals surface area contributed by atoms with Gasteiger partial charge in [-0.2, -0.15) is 0 Å². The number of hydrogen-bond acceptors (Lipinski definition) is 5. The number of phenolic OH excluding ortho intramolecular Hbond substituents is 1. The Morgan fingerprint density at radius 3 is 2.74 bits per heavy atom. The lowest BCUT2D eigenvalue weighted by molar-refractivity contribution is -0.133. The van der Waals surface area contributed by atoms with Crippen molar-refractivity contribution >= 4 is 5.91 Å². The number of rotatable bonds is 7. The van der Waals surface area contributed by atoms with Crippen LogP contribution in [0.5, 0.6) is 11.5 Å². The van der Waals surface area contributed by atoms with Crippen molar-refractivity contribution in [1.29, 1.82) is 0 Å². The summed E-state index contributed by atoms with van der Waals surface area (Å²) in [6, 6.07) is 14.3. The third-order valence-electron chi connectivity index (χ3n) is 4.73. The number of aromatic hydroxyl groups is 1. The van der Waals surface area contributed by atoms with E-state index >= 15 is 0 Å². The van der Waals surface area contributed by atoms with E-state index < -0.39 is 0 Å². The number of hydrogen-bond donors (Lipinski definition) is 3. The van der Waals surface area contributed by atoms with E-state index in [1.165, 1.54) is 0 Å². The van der Waals surface area contributed by atoms with Gasteiger partial charge in [-0.1, -0.05) is 42.5 Å². The predicted octanol–water partition coefficient (Wildman–Crippen LogP) is 2.52. The number of nitrogens with one attached hydrogen (secondary N) is 2. The number of carbonyl (C=O) groups excluding carboxylic acids is 1. The fourth-order valence-electron chi connectivity index (χ4n) is 3.35. The normalized spacial score (nSPS) is 18.9. The first-order chi connectivity index (χ1) is 13.1. The van der Waals surface area contributed by atoms with Gasteiger partial charge in [0.1, 0.15) is 17.5 Å².